The van der Waals surface area contributed by atoms with Gasteiger partial charge in [0.2, 0.25) is 0 Å². The van der Waals surface area contributed by atoms with Crippen LogP contribution in [0.5, 0.6) is 0 Å². The average Bonchev–Trinajstić information content (AvgIpc) is 3.51. The molecule has 1 amide bonds. The Kier molecular flexibility index (Phi) is 7.30. The molecular formula is C25H23F3N4O2S. The summed E-state index contributed by atoms with van der Waals surface area (Å²) in [4.78, 5) is 12.8. The van der Waals surface area contributed by atoms with Crippen molar-refractivity contribution in [1.29, 1.82) is 0 Å². The highest BCUT2D eigenvalue weighted by atomic mass is 32.2. The highest BCUT2D eigenvalue weighted by Crippen LogP contribution is 2.33. The molecule has 0 aliphatic carbocycles. The molecule has 182 valence electrons. The van der Waals surface area contributed by atoms with Crippen LogP contribution in [0.25, 0.3) is 5.69 Å². The maximum atomic E-state index is 13.3. The molecule has 0 bridgehead atoms. The molecule has 0 fully saturated rings. The number of carbonyl (C=O) groups is 1. The number of hydrogen-bond donors (Lipinski definition) is 1. The molecule has 2 heterocycles. The summed E-state index contributed by atoms with van der Waals surface area (Å²) in [5.41, 5.74) is 0.855. The van der Waals surface area contributed by atoms with E-state index in [-0.39, 0.29) is 18.4 Å². The number of amides is 1. The van der Waals surface area contributed by atoms with Crippen LogP contribution in [0.15, 0.2) is 76.5 Å². The molecule has 6 nitrogen and oxygen atoms in total. The highest BCUT2D eigenvalue weighted by Gasteiger charge is 2.31. The Bertz CT molecular complexity index is 1300. The molecule has 4 rings (SSSR count). The maximum absolute atomic E-state index is 13.3. The summed E-state index contributed by atoms with van der Waals surface area (Å²) in [5.74, 6) is 1.25. The van der Waals surface area contributed by atoms with Gasteiger partial charge in [0.15, 0.2) is 5.16 Å². The molecule has 0 atom stereocenters. The number of furan rings is 1. The van der Waals surface area contributed by atoms with Gasteiger partial charge >= 0.3 is 6.18 Å². The quantitative estimate of drug-likeness (QED) is 0.291. The molecule has 0 radical (unpaired) electrons. The van der Waals surface area contributed by atoms with Crippen molar-refractivity contribution in [3.05, 3.63) is 95.2 Å². The first-order chi connectivity index (χ1) is 16.7. The lowest BCUT2D eigenvalue weighted by Crippen LogP contribution is -2.23. The zero-order chi connectivity index (χ0) is 25.0. The molecule has 0 saturated heterocycles. The zero-order valence-electron chi connectivity index (χ0n) is 19.0. The Morgan fingerprint density at radius 2 is 1.89 bits per heavy atom. The van der Waals surface area contributed by atoms with Crippen LogP contribution in [-0.2, 0) is 18.5 Å². The SMILES string of the molecule is CC(C)c1nnc(SCc2ccccc2C(=O)NCc2ccco2)n1-c1cccc(C(F)(F)F)c1. The van der Waals surface area contributed by atoms with Crippen LogP contribution in [0.4, 0.5) is 13.2 Å². The van der Waals surface area contributed by atoms with E-state index in [4.69, 9.17) is 4.42 Å². The minimum atomic E-state index is -4.46. The van der Waals surface area contributed by atoms with Crippen molar-refractivity contribution in [3.63, 3.8) is 0 Å². The van der Waals surface area contributed by atoms with Gasteiger partial charge in [0, 0.05) is 17.2 Å². The van der Waals surface area contributed by atoms with Crippen molar-refractivity contribution in [1.82, 2.24) is 20.1 Å². The molecule has 0 aliphatic rings. The molecule has 2 aromatic carbocycles. The third kappa shape index (κ3) is 5.76. The van der Waals surface area contributed by atoms with Crippen molar-refractivity contribution < 1.29 is 22.4 Å². The molecule has 2 aromatic heterocycles. The molecule has 0 unspecified atom stereocenters. The predicted molar refractivity (Wildman–Crippen MR) is 126 cm³/mol. The van der Waals surface area contributed by atoms with Gasteiger partial charge in [0.05, 0.1) is 24.1 Å². The van der Waals surface area contributed by atoms with Gasteiger partial charge in [0.25, 0.3) is 5.91 Å². The topological polar surface area (TPSA) is 73.0 Å². The van der Waals surface area contributed by atoms with Crippen molar-refractivity contribution in [2.24, 2.45) is 0 Å². The van der Waals surface area contributed by atoms with E-state index >= 15 is 0 Å². The summed E-state index contributed by atoms with van der Waals surface area (Å²) < 4.78 is 46.9. The van der Waals surface area contributed by atoms with Crippen LogP contribution in [0.3, 0.4) is 0 Å². The minimum absolute atomic E-state index is 0.0638. The van der Waals surface area contributed by atoms with Crippen molar-refractivity contribution >= 4 is 17.7 Å². The van der Waals surface area contributed by atoms with E-state index in [1.807, 2.05) is 26.0 Å². The molecule has 0 spiro atoms. The van der Waals surface area contributed by atoms with E-state index in [1.165, 1.54) is 24.1 Å². The van der Waals surface area contributed by atoms with Gasteiger partial charge in [-0.25, -0.2) is 0 Å². The second kappa shape index (κ2) is 10.4. The van der Waals surface area contributed by atoms with Crippen molar-refractivity contribution in [3.8, 4) is 5.69 Å². The summed E-state index contributed by atoms with van der Waals surface area (Å²) in [6.07, 6.45) is -2.92. The molecular weight excluding hydrogens is 477 g/mol. The van der Waals surface area contributed by atoms with Crippen LogP contribution in [0.1, 0.15) is 52.8 Å². The first kappa shape index (κ1) is 24.6. The second-order valence-corrected chi connectivity index (χ2v) is 9.03. The molecule has 0 aliphatic heterocycles. The summed E-state index contributed by atoms with van der Waals surface area (Å²) in [5, 5.41) is 11.8. The third-order valence-electron chi connectivity index (χ3n) is 5.23. The molecule has 4 aromatic rings. The van der Waals surface area contributed by atoms with Crippen LogP contribution in [-0.4, -0.2) is 20.7 Å². The summed E-state index contributed by atoms with van der Waals surface area (Å²) in [6.45, 7) is 4.07. The average molecular weight is 501 g/mol. The van der Waals surface area contributed by atoms with Crippen LogP contribution in [0, 0.1) is 0 Å². The Balaban J connectivity index is 1.58. The number of nitrogens with one attached hydrogen (secondary N) is 1. The largest absolute Gasteiger partial charge is 0.467 e. The lowest BCUT2D eigenvalue weighted by atomic mass is 10.1. The smallest absolute Gasteiger partial charge is 0.416 e. The van der Waals surface area contributed by atoms with Gasteiger partial charge in [-0.1, -0.05) is 49.9 Å². The van der Waals surface area contributed by atoms with Crippen LogP contribution >= 0.6 is 11.8 Å². The fraction of sp³-hybridized carbons (Fsp3) is 0.240. The number of aromatic nitrogens is 3. The standard InChI is InChI=1S/C25H23F3N4O2S/c1-16(2)22-30-31-24(32(22)19-9-5-8-18(13-19)25(26,27)28)35-15-17-7-3-4-11-21(17)23(33)29-14-20-10-6-12-34-20/h3-13,16H,14-15H2,1-2H3,(H,29,33). The molecule has 35 heavy (non-hydrogen) atoms. The van der Waals surface area contributed by atoms with Crippen LogP contribution in [0.2, 0.25) is 0 Å². The lowest BCUT2D eigenvalue weighted by molar-refractivity contribution is -0.137. The monoisotopic (exact) mass is 500 g/mol. The van der Waals surface area contributed by atoms with Gasteiger partial charge in [-0.3, -0.25) is 9.36 Å². The van der Waals surface area contributed by atoms with Gasteiger partial charge in [-0.2, -0.15) is 13.2 Å². The van der Waals surface area contributed by atoms with E-state index in [0.717, 1.165) is 17.7 Å². The molecule has 0 saturated carbocycles. The molecule has 1 N–H and O–H groups in total. The minimum Gasteiger partial charge on any atom is -0.467 e. The Hall–Kier alpha value is -3.53. The maximum Gasteiger partial charge on any atom is 0.416 e. The van der Waals surface area contributed by atoms with E-state index in [2.05, 4.69) is 15.5 Å². The van der Waals surface area contributed by atoms with Crippen molar-refractivity contribution in [2.75, 3.05) is 0 Å². The van der Waals surface area contributed by atoms with E-state index in [1.54, 1.807) is 34.9 Å². The Morgan fingerprint density at radius 3 is 2.60 bits per heavy atom. The van der Waals surface area contributed by atoms with E-state index in [9.17, 15) is 18.0 Å². The number of alkyl halides is 3. The lowest BCUT2D eigenvalue weighted by Gasteiger charge is -2.15. The number of benzene rings is 2. The first-order valence-corrected chi connectivity index (χ1v) is 11.9. The van der Waals surface area contributed by atoms with E-state index < -0.39 is 11.7 Å². The number of rotatable bonds is 8. The fourth-order valence-corrected chi connectivity index (χ4v) is 4.46. The van der Waals surface area contributed by atoms with Gasteiger partial charge in [0.1, 0.15) is 11.6 Å². The highest BCUT2D eigenvalue weighted by molar-refractivity contribution is 7.98. The number of hydrogen-bond acceptors (Lipinski definition) is 5. The van der Waals surface area contributed by atoms with Gasteiger partial charge < -0.3 is 9.73 Å². The second-order valence-electron chi connectivity index (χ2n) is 8.09. The van der Waals surface area contributed by atoms with Crippen molar-refractivity contribution in [2.45, 2.75) is 43.4 Å². The Morgan fingerprint density at radius 1 is 1.09 bits per heavy atom. The normalized spacial score (nSPS) is 11.7. The summed E-state index contributed by atoms with van der Waals surface area (Å²) in [6, 6.07) is 15.8. The predicted octanol–water partition coefficient (Wildman–Crippen LogP) is 6.22. The van der Waals surface area contributed by atoms with Gasteiger partial charge in [-0.05, 0) is 42.0 Å². The number of carbonyl (C=O) groups excluding carboxylic acids is 1. The Labute approximate surface area is 204 Å². The van der Waals surface area contributed by atoms with Gasteiger partial charge in [-0.15, -0.1) is 10.2 Å². The van der Waals surface area contributed by atoms with E-state index in [0.29, 0.717) is 33.7 Å². The number of halogens is 3. The fourth-order valence-electron chi connectivity index (χ4n) is 3.50. The number of thioether (sulfide) groups is 1. The van der Waals surface area contributed by atoms with Crippen LogP contribution < -0.4 is 5.32 Å². The third-order valence-corrected chi connectivity index (χ3v) is 6.21. The summed E-state index contributed by atoms with van der Waals surface area (Å²) >= 11 is 1.30. The zero-order valence-corrected chi connectivity index (χ0v) is 19.9. The molecule has 10 heteroatoms. The number of nitrogens with zero attached hydrogens (tertiary/aromatic N) is 3. The summed E-state index contributed by atoms with van der Waals surface area (Å²) in [7, 11) is 0. The first-order valence-electron chi connectivity index (χ1n) is 10.9.